The fraction of sp³-hybridized carbons (Fsp3) is 0.481. The Morgan fingerprint density at radius 3 is 1.57 bits per heavy atom. The zero-order valence-electron chi connectivity index (χ0n) is 22.4. The lowest BCUT2D eigenvalue weighted by Crippen LogP contribution is -2.28. The van der Waals surface area contributed by atoms with Crippen molar-refractivity contribution in [1.29, 1.82) is 0 Å². The van der Waals surface area contributed by atoms with Crippen LogP contribution in [-0.2, 0) is 10.8 Å². The van der Waals surface area contributed by atoms with E-state index >= 15 is 0 Å². The second-order valence-electron chi connectivity index (χ2n) is 11.3. The van der Waals surface area contributed by atoms with Crippen LogP contribution in [0.4, 0.5) is 11.4 Å². The first-order chi connectivity index (χ1) is 16.1. The number of rotatable bonds is 8. The van der Waals surface area contributed by atoms with E-state index < -0.39 is 5.44 Å². The summed E-state index contributed by atoms with van der Waals surface area (Å²) in [5.74, 6) is 0. The lowest BCUT2D eigenvalue weighted by Gasteiger charge is -2.31. The topological polar surface area (TPSA) is 6.48 Å². The quantitative estimate of drug-likeness (QED) is 0.152. The van der Waals surface area contributed by atoms with Crippen LogP contribution in [0.5, 0.6) is 0 Å². The normalized spacial score (nSPS) is 15.2. The van der Waals surface area contributed by atoms with E-state index in [0.717, 1.165) is 19.2 Å². The highest BCUT2D eigenvalue weighted by atomic mass is 127. The molecule has 35 heavy (non-hydrogen) atoms. The average Bonchev–Trinajstić information content (AvgIpc) is 3.13. The van der Waals surface area contributed by atoms with Gasteiger partial charge in [-0.2, -0.15) is 9.12 Å². The van der Waals surface area contributed by atoms with Gasteiger partial charge in [-0.15, -0.1) is 22.4 Å². The number of hydrogen-bond donors (Lipinski definition) is 0. The number of anilines is 2. The van der Waals surface area contributed by atoms with Crippen molar-refractivity contribution in [3.63, 3.8) is 0 Å². The van der Waals surface area contributed by atoms with Crippen LogP contribution >= 0.6 is 59.0 Å². The van der Waals surface area contributed by atoms with E-state index in [1.165, 1.54) is 44.8 Å². The molecule has 2 atom stereocenters. The first-order valence-electron chi connectivity index (χ1n) is 12.1. The van der Waals surface area contributed by atoms with Gasteiger partial charge in [0.15, 0.2) is 0 Å². The summed E-state index contributed by atoms with van der Waals surface area (Å²) in [6.07, 6.45) is 6.64. The Hall–Kier alpha value is 0.230. The summed E-state index contributed by atoms with van der Waals surface area (Å²) in [7, 11) is 9.14. The van der Waals surface area contributed by atoms with E-state index in [4.69, 9.17) is 7.57 Å². The molecule has 8 heteroatoms. The molecule has 0 N–H and O–H groups in total. The van der Waals surface area contributed by atoms with E-state index in [9.17, 15) is 0 Å². The SMILES string of the molecule is [B]P(I)CC(C)(C)c1cc(C)c(N2C=CN(c3c(C)cc(C(C)(C)CB(P)I)cc3C)C2)c(C)c1. The van der Waals surface area contributed by atoms with Crippen LogP contribution in [-0.4, -0.2) is 24.7 Å². The van der Waals surface area contributed by atoms with Crippen LogP contribution < -0.4 is 9.80 Å². The second-order valence-corrected chi connectivity index (χ2v) is 19.9. The van der Waals surface area contributed by atoms with Crippen molar-refractivity contribution in [2.75, 3.05) is 22.6 Å². The minimum Gasteiger partial charge on any atom is -0.328 e. The van der Waals surface area contributed by atoms with Gasteiger partial charge in [0.1, 0.15) is 7.57 Å². The summed E-state index contributed by atoms with van der Waals surface area (Å²) in [5, 5.41) is 0. The highest BCUT2D eigenvalue weighted by Crippen LogP contribution is 2.46. The van der Waals surface area contributed by atoms with Crippen LogP contribution in [0.2, 0.25) is 6.32 Å². The molecule has 3 rings (SSSR count). The van der Waals surface area contributed by atoms with Crippen molar-refractivity contribution >= 4 is 82.2 Å². The highest BCUT2D eigenvalue weighted by Gasteiger charge is 2.28. The van der Waals surface area contributed by atoms with Crippen molar-refractivity contribution in [3.05, 3.63) is 70.0 Å². The maximum atomic E-state index is 6.20. The van der Waals surface area contributed by atoms with Crippen LogP contribution in [0.15, 0.2) is 36.7 Å². The largest absolute Gasteiger partial charge is 0.328 e. The number of aryl methyl sites for hydroxylation is 4. The summed E-state index contributed by atoms with van der Waals surface area (Å²) in [4.78, 5) is 4.79. The van der Waals surface area contributed by atoms with Crippen molar-refractivity contribution in [1.82, 2.24) is 0 Å². The fourth-order valence-corrected chi connectivity index (χ4v) is 10.6. The predicted molar refractivity (Wildman–Crippen MR) is 183 cm³/mol. The molecule has 2 nitrogen and oxygen atoms in total. The Labute approximate surface area is 245 Å². The van der Waals surface area contributed by atoms with Crippen LogP contribution in [0.25, 0.3) is 0 Å². The molecule has 0 saturated heterocycles. The third-order valence-corrected chi connectivity index (χ3v) is 9.89. The third-order valence-electron chi connectivity index (χ3n) is 7.10. The van der Waals surface area contributed by atoms with Crippen molar-refractivity contribution in [2.24, 2.45) is 0 Å². The smallest absolute Gasteiger partial charge is 0.240 e. The zero-order valence-corrected chi connectivity index (χ0v) is 28.8. The first kappa shape index (κ1) is 29.8. The minimum absolute atomic E-state index is 0.0834. The standard InChI is InChI=1S/C27H38B2I2N2P2/c1-18-11-22(26(5,6)15-29(30)34)12-19(2)24(18)32-9-10-33(17-32)25-20(3)13-23(14-21(25)4)27(7,8)16-35(28)31/h9-14H,15-17,34H2,1-8H3. The van der Waals surface area contributed by atoms with E-state index in [1.54, 1.807) is 0 Å². The molecule has 0 amide bonds. The van der Waals surface area contributed by atoms with E-state index in [-0.39, 0.29) is 10.8 Å². The molecular weight excluding hydrogens is 690 g/mol. The molecule has 0 bridgehead atoms. The molecule has 2 radical (unpaired) electrons. The molecule has 2 aromatic rings. The van der Waals surface area contributed by atoms with E-state index in [1.807, 2.05) is 0 Å². The van der Waals surface area contributed by atoms with E-state index in [2.05, 4.69) is 155 Å². The van der Waals surface area contributed by atoms with Crippen molar-refractivity contribution in [2.45, 2.75) is 72.5 Å². The summed E-state index contributed by atoms with van der Waals surface area (Å²) in [6.45, 7) is 19.2. The summed E-state index contributed by atoms with van der Waals surface area (Å²) < 4.78 is 0.570. The van der Waals surface area contributed by atoms with Gasteiger partial charge in [-0.1, -0.05) is 85.8 Å². The van der Waals surface area contributed by atoms with Crippen LogP contribution in [0, 0.1) is 27.7 Å². The van der Waals surface area contributed by atoms with Crippen molar-refractivity contribution in [3.8, 4) is 0 Å². The molecule has 1 aliphatic heterocycles. The molecule has 186 valence electrons. The third kappa shape index (κ3) is 7.01. The lowest BCUT2D eigenvalue weighted by atomic mass is 9.72. The molecule has 1 heterocycles. The molecule has 0 saturated carbocycles. The van der Waals surface area contributed by atoms with Gasteiger partial charge in [0.05, 0.1) is 6.67 Å². The Morgan fingerprint density at radius 2 is 1.23 bits per heavy atom. The lowest BCUT2D eigenvalue weighted by molar-refractivity contribution is 0.587. The molecule has 0 aromatic heterocycles. The van der Waals surface area contributed by atoms with Gasteiger partial charge in [-0.3, -0.25) is 0 Å². The summed E-state index contributed by atoms with van der Waals surface area (Å²) >= 11 is 4.90. The van der Waals surface area contributed by atoms with Gasteiger partial charge in [0.25, 0.3) is 0 Å². The van der Waals surface area contributed by atoms with Crippen LogP contribution in [0.3, 0.4) is 0 Å². The Balaban J connectivity index is 1.87. The molecule has 0 spiro atoms. The minimum atomic E-state index is -0.460. The van der Waals surface area contributed by atoms with Crippen molar-refractivity contribution < 1.29 is 0 Å². The Kier molecular flexibility index (Phi) is 9.82. The number of nitrogens with zero attached hydrogens (tertiary/aromatic N) is 2. The summed E-state index contributed by atoms with van der Waals surface area (Å²) in [5.41, 5.74) is 10.6. The number of halogens is 2. The zero-order chi connectivity index (χ0) is 26.3. The average molecular weight is 728 g/mol. The predicted octanol–water partition coefficient (Wildman–Crippen LogP) is 8.94. The molecule has 0 fully saturated rings. The van der Waals surface area contributed by atoms with Gasteiger partial charge in [-0.25, -0.2) is 0 Å². The molecule has 1 aliphatic rings. The Morgan fingerprint density at radius 1 is 0.857 bits per heavy atom. The maximum Gasteiger partial charge on any atom is 0.240 e. The molecule has 2 aromatic carbocycles. The highest BCUT2D eigenvalue weighted by molar-refractivity contribution is 14.2. The van der Waals surface area contributed by atoms with Gasteiger partial charge in [0.2, 0.25) is 4.29 Å². The molecule has 0 aliphatic carbocycles. The van der Waals surface area contributed by atoms with Crippen LogP contribution in [0.1, 0.15) is 61.1 Å². The van der Waals surface area contributed by atoms with Gasteiger partial charge in [-0.05, 0) is 78.1 Å². The Bertz CT molecular complexity index is 985. The maximum absolute atomic E-state index is 6.20. The van der Waals surface area contributed by atoms with Gasteiger partial charge >= 0.3 is 0 Å². The number of hydrogen-bond acceptors (Lipinski definition) is 2. The van der Waals surface area contributed by atoms with E-state index in [0.29, 0.717) is 4.29 Å². The number of benzene rings is 2. The second kappa shape index (κ2) is 11.5. The fourth-order valence-electron chi connectivity index (χ4n) is 5.38. The van der Waals surface area contributed by atoms with Gasteiger partial charge in [0, 0.05) is 23.8 Å². The molecule has 2 unspecified atom stereocenters. The summed E-state index contributed by atoms with van der Waals surface area (Å²) in [6, 6.07) is 9.53. The molecular formula is C27H38B2I2N2P2. The van der Waals surface area contributed by atoms with Gasteiger partial charge < -0.3 is 9.80 Å². The monoisotopic (exact) mass is 728 g/mol. The first-order valence-corrected chi connectivity index (χ1v) is 18.4.